The van der Waals surface area contributed by atoms with Crippen molar-refractivity contribution in [1.82, 2.24) is 47.5 Å². The number of aliphatic hydroxyl groups is 7. The standard InChI is InChI=1S/C55H78N10O15S2/c1-29(68)40(25-66)61-53(78)42(28-82)63-54(79)44(30(2)69)65-48(73)36(19-11-12-20-56)58-51(76)39(23-33-24-57-35-18-10-9-17-34(33)35)60-49(74)37(21-31-13-5-3-6-14-31)59-52(77)41(27-81)62-50(75)38(22-32-15-7-4-8-16-32)64-55-47(72)46(71)45(70)43(26-67)80-55/h3-10,13-18,24,29-30,36-47,55,57,64,66-72,81-82H,11-12,19-23,25-28,56H2,1-2H3,(H,58,76)(H,59,77)(H,60,74)(H,61,78)(H,62,75)(H,63,79)(H,65,73)/t29-,30-,36+,37+,38-,39-,40-,41+,42+,43-,44+,45-,46+,47-,55-/m1/s1. The maximum absolute atomic E-state index is 14.8. The maximum Gasteiger partial charge on any atom is 0.245 e. The molecule has 1 aliphatic heterocycles. The Morgan fingerprint density at radius 2 is 1.06 bits per heavy atom. The Kier molecular flexibility index (Phi) is 26.9. The number of rotatable bonds is 32. The number of nitrogens with two attached hydrogens (primary N) is 1. The molecule has 25 nitrogen and oxygen atoms in total. The van der Waals surface area contributed by atoms with E-state index in [0.29, 0.717) is 40.4 Å². The molecular weight excluding hydrogens is 1100 g/mol. The van der Waals surface area contributed by atoms with E-state index in [1.165, 1.54) is 13.8 Å². The number of nitrogens with one attached hydrogen (secondary N) is 9. The molecule has 0 spiro atoms. The van der Waals surface area contributed by atoms with Crippen molar-refractivity contribution in [3.63, 3.8) is 0 Å². The molecule has 1 fully saturated rings. The molecule has 3 aromatic carbocycles. The molecule has 1 aromatic heterocycles. The minimum absolute atomic E-state index is 0.0337. The molecule has 18 N–H and O–H groups in total. The predicted octanol–water partition coefficient (Wildman–Crippen LogP) is -3.91. The van der Waals surface area contributed by atoms with Gasteiger partial charge in [0.25, 0.3) is 0 Å². The topological polar surface area (TPSA) is 408 Å². The van der Waals surface area contributed by atoms with Crippen LogP contribution in [-0.2, 0) is 57.6 Å². The second-order valence-electron chi connectivity index (χ2n) is 20.1. The van der Waals surface area contributed by atoms with Gasteiger partial charge in [-0.2, -0.15) is 25.3 Å². The first kappa shape index (κ1) is 66.6. The molecule has 450 valence electrons. The molecule has 0 saturated carbocycles. The summed E-state index contributed by atoms with van der Waals surface area (Å²) in [6, 6.07) is 13.4. The number of amides is 7. The van der Waals surface area contributed by atoms with Crippen LogP contribution in [-0.4, -0.2) is 205 Å². The molecular formula is C55H78N10O15S2. The summed E-state index contributed by atoms with van der Waals surface area (Å²) in [5.74, 6) is -6.69. The van der Waals surface area contributed by atoms with E-state index in [4.69, 9.17) is 10.5 Å². The number of aliphatic hydroxyl groups excluding tert-OH is 7. The fourth-order valence-corrected chi connectivity index (χ4v) is 9.58. The first-order valence-corrected chi connectivity index (χ1v) is 28.2. The van der Waals surface area contributed by atoms with Crippen LogP contribution in [0, 0.1) is 0 Å². The zero-order valence-electron chi connectivity index (χ0n) is 45.5. The second-order valence-corrected chi connectivity index (χ2v) is 20.9. The molecule has 0 aliphatic carbocycles. The van der Waals surface area contributed by atoms with Gasteiger partial charge in [-0.3, -0.25) is 38.9 Å². The van der Waals surface area contributed by atoms with Crippen LogP contribution in [0.3, 0.4) is 0 Å². The lowest BCUT2D eigenvalue weighted by molar-refractivity contribution is -0.238. The van der Waals surface area contributed by atoms with E-state index >= 15 is 0 Å². The number of hydrogen-bond donors (Lipinski definition) is 19. The van der Waals surface area contributed by atoms with Crippen LogP contribution in [0.4, 0.5) is 0 Å². The molecule has 5 rings (SSSR count). The van der Waals surface area contributed by atoms with E-state index < -0.39 is 146 Å². The molecule has 1 saturated heterocycles. The number of carbonyl (C=O) groups excluding carboxylic acids is 7. The van der Waals surface area contributed by atoms with Crippen LogP contribution in [0.15, 0.2) is 91.1 Å². The molecule has 2 heterocycles. The molecule has 1 aliphatic rings. The molecule has 7 amide bonds. The number of benzene rings is 3. The summed E-state index contributed by atoms with van der Waals surface area (Å²) >= 11 is 8.53. The number of aromatic amines is 1. The Labute approximate surface area is 485 Å². The highest BCUT2D eigenvalue weighted by Crippen LogP contribution is 2.22. The largest absolute Gasteiger partial charge is 0.394 e. The predicted molar refractivity (Wildman–Crippen MR) is 308 cm³/mol. The van der Waals surface area contributed by atoms with E-state index in [0.717, 1.165) is 0 Å². The van der Waals surface area contributed by atoms with Crippen molar-refractivity contribution in [1.29, 1.82) is 0 Å². The highest BCUT2D eigenvalue weighted by atomic mass is 32.1. The van der Waals surface area contributed by atoms with Gasteiger partial charge in [-0.15, -0.1) is 0 Å². The molecule has 15 atom stereocenters. The van der Waals surface area contributed by atoms with Crippen LogP contribution >= 0.6 is 25.3 Å². The summed E-state index contributed by atoms with van der Waals surface area (Å²) in [7, 11) is 0. The number of ether oxygens (including phenoxy) is 1. The zero-order chi connectivity index (χ0) is 60.0. The maximum atomic E-state index is 14.8. The zero-order valence-corrected chi connectivity index (χ0v) is 47.3. The molecule has 82 heavy (non-hydrogen) atoms. The first-order valence-electron chi connectivity index (χ1n) is 26.9. The number of aromatic nitrogens is 1. The normalized spacial score (nSPS) is 20.7. The van der Waals surface area contributed by atoms with Crippen molar-refractivity contribution in [2.24, 2.45) is 5.73 Å². The summed E-state index contributed by atoms with van der Waals surface area (Å²) in [5.41, 5.74) is 8.31. The SMILES string of the molecule is C[C@@H](O)[C@H](NC(=O)[C@H](CCCCN)NC(=O)[C@@H](Cc1c[nH]c2ccccc12)NC(=O)[C@H](Cc1ccccc1)NC(=O)[C@H](CS)NC(=O)[C@@H](Cc1ccccc1)N[C@@H]1O[C@H](CO)[C@@H](O)[C@H](O)[C@H]1O)C(=O)N[C@@H](CS)C(=O)N[C@H](CO)[C@@H](C)O. The van der Waals surface area contributed by atoms with Gasteiger partial charge in [0.15, 0.2) is 0 Å². The van der Waals surface area contributed by atoms with Gasteiger partial charge >= 0.3 is 0 Å². The van der Waals surface area contributed by atoms with E-state index in [1.807, 2.05) is 6.07 Å². The number of hydrogen-bond acceptors (Lipinski definition) is 19. The van der Waals surface area contributed by atoms with Gasteiger partial charge in [0, 0.05) is 41.4 Å². The van der Waals surface area contributed by atoms with Crippen molar-refractivity contribution < 1.29 is 74.0 Å². The average Bonchev–Trinajstić information content (AvgIpc) is 4.08. The average molecular weight is 1180 g/mol. The Morgan fingerprint density at radius 3 is 1.61 bits per heavy atom. The Bertz CT molecular complexity index is 2690. The van der Waals surface area contributed by atoms with Crippen LogP contribution in [0.2, 0.25) is 0 Å². The van der Waals surface area contributed by atoms with Crippen LogP contribution in [0.1, 0.15) is 49.8 Å². The Balaban J connectivity index is 1.41. The number of thiol groups is 2. The highest BCUT2D eigenvalue weighted by molar-refractivity contribution is 7.80. The molecule has 0 bridgehead atoms. The van der Waals surface area contributed by atoms with Gasteiger partial charge in [-0.1, -0.05) is 78.9 Å². The van der Waals surface area contributed by atoms with Crippen molar-refractivity contribution in [2.75, 3.05) is 31.3 Å². The minimum Gasteiger partial charge on any atom is -0.394 e. The van der Waals surface area contributed by atoms with Crippen molar-refractivity contribution in [3.05, 3.63) is 108 Å². The fraction of sp³-hybridized carbons (Fsp3) is 0.509. The molecule has 27 heteroatoms. The summed E-state index contributed by atoms with van der Waals surface area (Å²) in [4.78, 5) is 102. The van der Waals surface area contributed by atoms with E-state index in [1.54, 1.807) is 85.1 Å². The fourth-order valence-electron chi connectivity index (χ4n) is 9.07. The van der Waals surface area contributed by atoms with Crippen LogP contribution in [0.5, 0.6) is 0 Å². The van der Waals surface area contributed by atoms with E-state index in [-0.39, 0.29) is 43.7 Å². The van der Waals surface area contributed by atoms with Gasteiger partial charge < -0.3 is 88.4 Å². The molecule has 0 unspecified atom stereocenters. The third kappa shape index (κ3) is 19.2. The minimum atomic E-state index is -1.76. The summed E-state index contributed by atoms with van der Waals surface area (Å²) in [5, 5.41) is 93.6. The van der Waals surface area contributed by atoms with Crippen molar-refractivity contribution in [3.8, 4) is 0 Å². The van der Waals surface area contributed by atoms with Gasteiger partial charge in [0.2, 0.25) is 41.4 Å². The van der Waals surface area contributed by atoms with E-state index in [9.17, 15) is 69.3 Å². The Hall–Kier alpha value is -6.21. The monoisotopic (exact) mass is 1180 g/mol. The third-order valence-corrected chi connectivity index (χ3v) is 14.6. The Morgan fingerprint density at radius 1 is 0.573 bits per heavy atom. The molecule has 0 radical (unpaired) electrons. The van der Waals surface area contributed by atoms with Crippen molar-refractivity contribution >= 4 is 77.5 Å². The number of fused-ring (bicyclic) bond motifs is 1. The lowest BCUT2D eigenvalue weighted by atomic mass is 9.97. The van der Waals surface area contributed by atoms with E-state index in [2.05, 4.69) is 72.8 Å². The van der Waals surface area contributed by atoms with Gasteiger partial charge in [0.1, 0.15) is 66.9 Å². The van der Waals surface area contributed by atoms with Crippen molar-refractivity contribution in [2.45, 2.75) is 144 Å². The highest BCUT2D eigenvalue weighted by Gasteiger charge is 2.45. The second kappa shape index (κ2) is 33.2. The summed E-state index contributed by atoms with van der Waals surface area (Å²) in [6.45, 7) is 1.44. The number of H-pyrrole nitrogens is 1. The third-order valence-electron chi connectivity index (χ3n) is 13.9. The van der Waals surface area contributed by atoms with Crippen LogP contribution in [0.25, 0.3) is 10.9 Å². The summed E-state index contributed by atoms with van der Waals surface area (Å²) in [6.07, 6.45) is -8.67. The number of carbonyl (C=O) groups is 7. The lowest BCUT2D eigenvalue weighted by Crippen LogP contribution is -2.66. The van der Waals surface area contributed by atoms with Gasteiger partial charge in [-0.25, -0.2) is 0 Å². The smallest absolute Gasteiger partial charge is 0.245 e. The lowest BCUT2D eigenvalue weighted by Gasteiger charge is -2.41. The molecule has 4 aromatic rings. The van der Waals surface area contributed by atoms with Crippen LogP contribution < -0.4 is 48.3 Å². The van der Waals surface area contributed by atoms with Gasteiger partial charge in [0.05, 0.1) is 37.5 Å². The number of para-hydroxylation sites is 1. The number of unbranched alkanes of at least 4 members (excludes halogenated alkanes) is 1. The quantitative estimate of drug-likeness (QED) is 0.0164. The first-order chi connectivity index (χ1) is 39.2. The summed E-state index contributed by atoms with van der Waals surface area (Å²) < 4.78 is 5.65. The van der Waals surface area contributed by atoms with Gasteiger partial charge in [-0.05, 0) is 68.8 Å².